The van der Waals surface area contributed by atoms with E-state index in [9.17, 15) is 4.79 Å². The number of hydrogen-bond acceptors (Lipinski definition) is 4. The highest BCUT2D eigenvalue weighted by atomic mass is 16.7. The lowest BCUT2D eigenvalue weighted by molar-refractivity contribution is -0.123. The van der Waals surface area contributed by atoms with Crippen molar-refractivity contribution in [1.29, 1.82) is 0 Å². The molecule has 0 aromatic heterocycles. The molecule has 0 aliphatic carbocycles. The second-order valence-electron chi connectivity index (χ2n) is 5.24. The Balaban J connectivity index is 2.00. The molecule has 0 unspecified atom stereocenters. The third-order valence-electron chi connectivity index (χ3n) is 3.19. The Labute approximate surface area is 113 Å². The fourth-order valence-electron chi connectivity index (χ4n) is 1.67. The van der Waals surface area contributed by atoms with Crippen LogP contribution >= 0.6 is 0 Å². The van der Waals surface area contributed by atoms with Gasteiger partial charge in [-0.2, -0.15) is 0 Å². The molecule has 1 aromatic rings. The van der Waals surface area contributed by atoms with Crippen LogP contribution in [0.15, 0.2) is 24.3 Å². The fourth-order valence-corrected chi connectivity index (χ4v) is 1.67. The first-order valence-corrected chi connectivity index (χ1v) is 6.37. The third kappa shape index (κ3) is 3.32. The maximum Gasteiger partial charge on any atom is 0.231 e. The zero-order valence-electron chi connectivity index (χ0n) is 11.3. The SMILES string of the molecule is CC(C)(CN)C(=O)Nc1ccc(C2OCCO2)cc1. The van der Waals surface area contributed by atoms with E-state index in [2.05, 4.69) is 5.32 Å². The topological polar surface area (TPSA) is 73.6 Å². The summed E-state index contributed by atoms with van der Waals surface area (Å²) in [6.07, 6.45) is -0.287. The molecule has 2 rings (SSSR count). The number of rotatable bonds is 4. The fraction of sp³-hybridized carbons (Fsp3) is 0.500. The maximum absolute atomic E-state index is 12.0. The second-order valence-corrected chi connectivity index (χ2v) is 5.24. The quantitative estimate of drug-likeness (QED) is 0.867. The standard InChI is InChI=1S/C14H20N2O3/c1-14(2,9-15)13(17)16-11-5-3-10(4-6-11)12-18-7-8-19-12/h3-6,12H,7-9,15H2,1-2H3,(H,16,17). The first-order chi connectivity index (χ1) is 9.03. The third-order valence-corrected chi connectivity index (χ3v) is 3.19. The molecule has 1 saturated heterocycles. The van der Waals surface area contributed by atoms with Crippen LogP contribution in [-0.4, -0.2) is 25.7 Å². The number of nitrogens with two attached hydrogens (primary N) is 1. The lowest BCUT2D eigenvalue weighted by Crippen LogP contribution is -2.37. The summed E-state index contributed by atoms with van der Waals surface area (Å²) in [5.74, 6) is -0.0869. The number of hydrogen-bond donors (Lipinski definition) is 2. The summed E-state index contributed by atoms with van der Waals surface area (Å²) in [7, 11) is 0. The predicted octanol–water partition coefficient (Wildman–Crippen LogP) is 1.66. The smallest absolute Gasteiger partial charge is 0.231 e. The van der Waals surface area contributed by atoms with Gasteiger partial charge in [0.15, 0.2) is 6.29 Å². The van der Waals surface area contributed by atoms with Crippen molar-refractivity contribution in [3.63, 3.8) is 0 Å². The van der Waals surface area contributed by atoms with Crippen molar-refractivity contribution < 1.29 is 14.3 Å². The van der Waals surface area contributed by atoms with Gasteiger partial charge in [-0.25, -0.2) is 0 Å². The molecule has 1 heterocycles. The Bertz CT molecular complexity index is 437. The van der Waals surface area contributed by atoms with E-state index in [1.165, 1.54) is 0 Å². The van der Waals surface area contributed by atoms with Crippen LogP contribution in [0, 0.1) is 5.41 Å². The van der Waals surface area contributed by atoms with Gasteiger partial charge in [-0.05, 0) is 26.0 Å². The van der Waals surface area contributed by atoms with Crippen molar-refractivity contribution in [3.8, 4) is 0 Å². The van der Waals surface area contributed by atoms with E-state index < -0.39 is 5.41 Å². The molecule has 0 spiro atoms. The number of carbonyl (C=O) groups excluding carboxylic acids is 1. The molecule has 1 amide bonds. The van der Waals surface area contributed by atoms with E-state index in [0.29, 0.717) is 19.8 Å². The van der Waals surface area contributed by atoms with Crippen molar-refractivity contribution in [3.05, 3.63) is 29.8 Å². The van der Waals surface area contributed by atoms with E-state index >= 15 is 0 Å². The molecule has 3 N–H and O–H groups in total. The van der Waals surface area contributed by atoms with Crippen LogP contribution in [0.1, 0.15) is 25.7 Å². The molecule has 1 aliphatic rings. The number of benzene rings is 1. The monoisotopic (exact) mass is 264 g/mol. The first-order valence-electron chi connectivity index (χ1n) is 6.37. The number of amides is 1. The Hall–Kier alpha value is -1.43. The number of nitrogens with one attached hydrogen (secondary N) is 1. The molecule has 19 heavy (non-hydrogen) atoms. The molecule has 0 bridgehead atoms. The van der Waals surface area contributed by atoms with Gasteiger partial charge in [-0.15, -0.1) is 0 Å². The first kappa shape index (κ1) is 14.0. The highest BCUT2D eigenvalue weighted by Gasteiger charge is 2.25. The van der Waals surface area contributed by atoms with Crippen molar-refractivity contribution in [2.24, 2.45) is 11.1 Å². The van der Waals surface area contributed by atoms with Gasteiger partial charge in [-0.3, -0.25) is 4.79 Å². The van der Waals surface area contributed by atoms with Crippen LogP contribution in [-0.2, 0) is 14.3 Å². The van der Waals surface area contributed by atoms with Crippen LogP contribution in [0.4, 0.5) is 5.69 Å². The molecular weight excluding hydrogens is 244 g/mol. The van der Waals surface area contributed by atoms with Gasteiger partial charge in [0, 0.05) is 17.8 Å². The van der Waals surface area contributed by atoms with E-state index in [0.717, 1.165) is 11.3 Å². The minimum atomic E-state index is -0.573. The predicted molar refractivity (Wildman–Crippen MR) is 72.6 cm³/mol. The van der Waals surface area contributed by atoms with Crippen molar-refractivity contribution in [2.75, 3.05) is 25.1 Å². The second kappa shape index (κ2) is 5.69. The van der Waals surface area contributed by atoms with Gasteiger partial charge in [0.2, 0.25) is 5.91 Å². The highest BCUT2D eigenvalue weighted by molar-refractivity contribution is 5.94. The van der Waals surface area contributed by atoms with Crippen molar-refractivity contribution in [1.82, 2.24) is 0 Å². The molecule has 104 valence electrons. The normalized spacial score (nSPS) is 16.6. The van der Waals surface area contributed by atoms with Crippen LogP contribution in [0.25, 0.3) is 0 Å². The van der Waals surface area contributed by atoms with Crippen LogP contribution in [0.3, 0.4) is 0 Å². The summed E-state index contributed by atoms with van der Waals surface area (Å²) >= 11 is 0. The van der Waals surface area contributed by atoms with E-state index in [4.69, 9.17) is 15.2 Å². The molecule has 5 nitrogen and oxygen atoms in total. The van der Waals surface area contributed by atoms with Gasteiger partial charge < -0.3 is 20.5 Å². The summed E-state index contributed by atoms with van der Waals surface area (Å²) in [6, 6.07) is 7.46. The molecule has 0 radical (unpaired) electrons. The number of ether oxygens (including phenoxy) is 2. The zero-order valence-corrected chi connectivity index (χ0v) is 11.3. The van der Waals surface area contributed by atoms with Gasteiger partial charge in [-0.1, -0.05) is 12.1 Å². The number of anilines is 1. The van der Waals surface area contributed by atoms with Gasteiger partial charge >= 0.3 is 0 Å². The van der Waals surface area contributed by atoms with E-state index in [1.54, 1.807) is 0 Å². The molecule has 1 aromatic carbocycles. The lowest BCUT2D eigenvalue weighted by atomic mass is 9.92. The van der Waals surface area contributed by atoms with Crippen LogP contribution < -0.4 is 11.1 Å². The molecule has 0 atom stereocenters. The molecule has 1 fully saturated rings. The summed E-state index contributed by atoms with van der Waals surface area (Å²) in [6.45, 7) is 5.18. The summed E-state index contributed by atoms with van der Waals surface area (Å²) in [5, 5.41) is 2.85. The number of carbonyl (C=O) groups is 1. The van der Waals surface area contributed by atoms with Gasteiger partial charge in [0.25, 0.3) is 0 Å². The average molecular weight is 264 g/mol. The van der Waals surface area contributed by atoms with E-state index in [1.807, 2.05) is 38.1 Å². The maximum atomic E-state index is 12.0. The Kier molecular flexibility index (Phi) is 4.19. The minimum absolute atomic E-state index is 0.0869. The zero-order chi connectivity index (χ0) is 13.9. The van der Waals surface area contributed by atoms with Gasteiger partial charge in [0.1, 0.15) is 0 Å². The Morgan fingerprint density at radius 3 is 2.42 bits per heavy atom. The lowest BCUT2D eigenvalue weighted by Gasteiger charge is -2.21. The molecule has 0 saturated carbocycles. The van der Waals surface area contributed by atoms with Crippen LogP contribution in [0.5, 0.6) is 0 Å². The highest BCUT2D eigenvalue weighted by Crippen LogP contribution is 2.25. The van der Waals surface area contributed by atoms with Crippen molar-refractivity contribution >= 4 is 11.6 Å². The van der Waals surface area contributed by atoms with Crippen molar-refractivity contribution in [2.45, 2.75) is 20.1 Å². The minimum Gasteiger partial charge on any atom is -0.346 e. The Morgan fingerprint density at radius 1 is 1.32 bits per heavy atom. The van der Waals surface area contributed by atoms with Gasteiger partial charge in [0.05, 0.1) is 18.6 Å². The molecule has 1 aliphatic heterocycles. The van der Waals surface area contributed by atoms with Crippen LogP contribution in [0.2, 0.25) is 0 Å². The Morgan fingerprint density at radius 2 is 1.89 bits per heavy atom. The summed E-state index contributed by atoms with van der Waals surface area (Å²) < 4.78 is 10.8. The largest absolute Gasteiger partial charge is 0.346 e. The summed E-state index contributed by atoms with van der Waals surface area (Å²) in [4.78, 5) is 12.0. The molecular formula is C14H20N2O3. The summed E-state index contributed by atoms with van der Waals surface area (Å²) in [5.41, 5.74) is 6.70. The van der Waals surface area contributed by atoms with E-state index in [-0.39, 0.29) is 12.2 Å². The molecule has 5 heteroatoms. The average Bonchev–Trinajstić information content (AvgIpc) is 2.93.